The lowest BCUT2D eigenvalue weighted by Crippen LogP contribution is -2.40. The van der Waals surface area contributed by atoms with Gasteiger partial charge in [0, 0.05) is 25.4 Å². The number of rotatable bonds is 7. The molecule has 0 atom stereocenters. The van der Waals surface area contributed by atoms with Crippen LogP contribution in [0.15, 0.2) is 0 Å². The summed E-state index contributed by atoms with van der Waals surface area (Å²) in [5.74, 6) is 0.147. The molecule has 0 heterocycles. The summed E-state index contributed by atoms with van der Waals surface area (Å²) in [7, 11) is -2.94. The summed E-state index contributed by atoms with van der Waals surface area (Å²) in [6.07, 6.45) is 3.39. The Labute approximate surface area is 97.1 Å². The summed E-state index contributed by atoms with van der Waals surface area (Å²) in [6, 6.07) is 0.425. The molecule has 1 aliphatic carbocycles. The Bertz CT molecular complexity index is 336. The Morgan fingerprint density at radius 3 is 2.50 bits per heavy atom. The Kier molecular flexibility index (Phi) is 4.73. The summed E-state index contributed by atoms with van der Waals surface area (Å²) >= 11 is 0. The highest BCUT2D eigenvalue weighted by molar-refractivity contribution is 7.90. The number of nitrogens with one attached hydrogen (secondary N) is 1. The molecule has 5 nitrogen and oxygen atoms in total. The van der Waals surface area contributed by atoms with E-state index < -0.39 is 9.84 Å². The summed E-state index contributed by atoms with van der Waals surface area (Å²) in [5.41, 5.74) is 0. The van der Waals surface area contributed by atoms with Gasteiger partial charge in [0.1, 0.15) is 9.84 Å². The molecule has 0 bridgehead atoms. The van der Waals surface area contributed by atoms with Crippen molar-refractivity contribution >= 4 is 15.7 Å². The van der Waals surface area contributed by atoms with Gasteiger partial charge in [0.05, 0.1) is 12.3 Å². The van der Waals surface area contributed by atoms with Gasteiger partial charge in [0.2, 0.25) is 5.91 Å². The van der Waals surface area contributed by atoms with Crippen molar-refractivity contribution in [1.29, 1.82) is 0 Å². The first kappa shape index (κ1) is 13.4. The number of nitrogens with zero attached hydrogens (tertiary/aromatic N) is 1. The molecule has 0 saturated heterocycles. The van der Waals surface area contributed by atoms with Crippen LogP contribution in [0.25, 0.3) is 0 Å². The normalized spacial score (nSPS) is 16.1. The first-order valence-corrected chi connectivity index (χ1v) is 7.68. The van der Waals surface area contributed by atoms with Crippen LogP contribution < -0.4 is 5.32 Å². The topological polar surface area (TPSA) is 66.5 Å². The van der Waals surface area contributed by atoms with E-state index in [9.17, 15) is 13.2 Å². The van der Waals surface area contributed by atoms with Crippen LogP contribution >= 0.6 is 0 Å². The number of likely N-dealkylation sites (N-methyl/N-ethyl adjacent to an activating group) is 1. The molecule has 94 valence electrons. The average Bonchev–Trinajstić information content (AvgIpc) is 2.96. The van der Waals surface area contributed by atoms with E-state index in [4.69, 9.17) is 0 Å². The van der Waals surface area contributed by atoms with Crippen molar-refractivity contribution < 1.29 is 13.2 Å². The molecule has 1 amide bonds. The molecule has 6 heteroatoms. The molecule has 0 radical (unpaired) electrons. The summed E-state index contributed by atoms with van der Waals surface area (Å²) < 4.78 is 21.7. The van der Waals surface area contributed by atoms with Gasteiger partial charge in [-0.2, -0.15) is 0 Å². The Morgan fingerprint density at radius 2 is 2.06 bits per heavy atom. The van der Waals surface area contributed by atoms with Crippen LogP contribution in [-0.2, 0) is 14.6 Å². The average molecular weight is 248 g/mol. The lowest BCUT2D eigenvalue weighted by atomic mass is 10.4. The molecule has 1 saturated carbocycles. The van der Waals surface area contributed by atoms with Gasteiger partial charge < -0.3 is 10.2 Å². The van der Waals surface area contributed by atoms with Crippen LogP contribution in [0.3, 0.4) is 0 Å². The predicted octanol–water partition coefficient (Wildman–Crippen LogP) is -0.368. The van der Waals surface area contributed by atoms with Gasteiger partial charge in [-0.05, 0) is 19.8 Å². The van der Waals surface area contributed by atoms with E-state index >= 15 is 0 Å². The minimum atomic E-state index is -2.94. The zero-order valence-electron chi connectivity index (χ0n) is 9.90. The van der Waals surface area contributed by atoms with Crippen LogP contribution in [-0.4, -0.2) is 56.9 Å². The number of amides is 1. The Morgan fingerprint density at radius 1 is 1.44 bits per heavy atom. The second kappa shape index (κ2) is 5.63. The molecular weight excluding hydrogens is 228 g/mol. The van der Waals surface area contributed by atoms with Crippen molar-refractivity contribution in [3.63, 3.8) is 0 Å². The third kappa shape index (κ3) is 4.94. The highest BCUT2D eigenvalue weighted by Gasteiger charge is 2.30. The first-order valence-electron chi connectivity index (χ1n) is 5.62. The second-order valence-electron chi connectivity index (χ2n) is 4.22. The fourth-order valence-electron chi connectivity index (χ4n) is 1.58. The predicted molar refractivity (Wildman–Crippen MR) is 63.0 cm³/mol. The minimum absolute atomic E-state index is 0.0681. The van der Waals surface area contributed by atoms with Gasteiger partial charge in [-0.15, -0.1) is 0 Å². The molecule has 0 unspecified atom stereocenters. The van der Waals surface area contributed by atoms with Gasteiger partial charge in [0.25, 0.3) is 0 Å². The van der Waals surface area contributed by atoms with Gasteiger partial charge >= 0.3 is 0 Å². The lowest BCUT2D eigenvalue weighted by molar-refractivity contribution is -0.130. The van der Waals surface area contributed by atoms with Crippen LogP contribution in [0.1, 0.15) is 19.8 Å². The van der Waals surface area contributed by atoms with E-state index in [2.05, 4.69) is 5.32 Å². The maximum atomic E-state index is 11.7. The molecule has 0 aliphatic heterocycles. The molecule has 0 aromatic rings. The van der Waals surface area contributed by atoms with E-state index in [1.165, 1.54) is 6.26 Å². The molecule has 0 spiro atoms. The fourth-order valence-corrected chi connectivity index (χ4v) is 2.09. The monoisotopic (exact) mass is 248 g/mol. The van der Waals surface area contributed by atoms with Crippen molar-refractivity contribution in [2.24, 2.45) is 0 Å². The van der Waals surface area contributed by atoms with Crippen molar-refractivity contribution in [3.05, 3.63) is 0 Å². The Hall–Kier alpha value is -0.620. The molecule has 1 fully saturated rings. The maximum absolute atomic E-state index is 11.7. The number of carbonyl (C=O) groups is 1. The third-order valence-corrected chi connectivity index (χ3v) is 3.52. The van der Waals surface area contributed by atoms with Gasteiger partial charge in [-0.1, -0.05) is 0 Å². The number of hydrogen-bond acceptors (Lipinski definition) is 4. The van der Waals surface area contributed by atoms with Gasteiger partial charge in [0.15, 0.2) is 0 Å². The standard InChI is InChI=1S/C10H20N2O3S/c1-3-12(9-4-5-9)10(13)8-11-6-7-16(2,14)15/h9,11H,3-8H2,1-2H3. The SMILES string of the molecule is CCN(C(=O)CNCCS(C)(=O)=O)C1CC1. The molecule has 1 N–H and O–H groups in total. The summed E-state index contributed by atoms with van der Waals surface area (Å²) in [6.45, 7) is 3.27. The molecule has 0 aromatic carbocycles. The number of carbonyl (C=O) groups excluding carboxylic acids is 1. The second-order valence-corrected chi connectivity index (χ2v) is 6.48. The number of sulfone groups is 1. The van der Waals surface area contributed by atoms with E-state index in [1.54, 1.807) is 0 Å². The minimum Gasteiger partial charge on any atom is -0.339 e. The quantitative estimate of drug-likeness (QED) is 0.624. The molecule has 0 aromatic heterocycles. The van der Waals surface area contributed by atoms with Crippen molar-refractivity contribution in [1.82, 2.24) is 10.2 Å². The van der Waals surface area contributed by atoms with Crippen LogP contribution in [0.2, 0.25) is 0 Å². The largest absolute Gasteiger partial charge is 0.339 e. The molecular formula is C10H20N2O3S. The van der Waals surface area contributed by atoms with E-state index in [0.29, 0.717) is 12.6 Å². The molecule has 16 heavy (non-hydrogen) atoms. The third-order valence-electron chi connectivity index (χ3n) is 2.57. The molecule has 1 aliphatic rings. The van der Waals surface area contributed by atoms with Crippen molar-refractivity contribution in [2.75, 3.05) is 31.6 Å². The number of hydrogen-bond donors (Lipinski definition) is 1. The fraction of sp³-hybridized carbons (Fsp3) is 0.900. The maximum Gasteiger partial charge on any atom is 0.236 e. The van der Waals surface area contributed by atoms with Crippen molar-refractivity contribution in [2.45, 2.75) is 25.8 Å². The lowest BCUT2D eigenvalue weighted by Gasteiger charge is -2.20. The van der Waals surface area contributed by atoms with Crippen LogP contribution in [0.5, 0.6) is 0 Å². The first-order chi connectivity index (χ1) is 7.44. The van der Waals surface area contributed by atoms with Crippen LogP contribution in [0, 0.1) is 0 Å². The summed E-state index contributed by atoms with van der Waals surface area (Å²) in [4.78, 5) is 13.5. The molecule has 1 rings (SSSR count). The highest BCUT2D eigenvalue weighted by Crippen LogP contribution is 2.26. The van der Waals surface area contributed by atoms with E-state index in [-0.39, 0.29) is 18.2 Å². The van der Waals surface area contributed by atoms with Crippen molar-refractivity contribution in [3.8, 4) is 0 Å². The zero-order valence-corrected chi connectivity index (χ0v) is 10.7. The summed E-state index contributed by atoms with van der Waals surface area (Å²) in [5, 5.41) is 2.87. The Balaban J connectivity index is 2.19. The van der Waals surface area contributed by atoms with Gasteiger partial charge in [-0.3, -0.25) is 4.79 Å². The van der Waals surface area contributed by atoms with E-state index in [1.807, 2.05) is 11.8 Å². The highest BCUT2D eigenvalue weighted by atomic mass is 32.2. The zero-order chi connectivity index (χ0) is 12.2. The van der Waals surface area contributed by atoms with E-state index in [0.717, 1.165) is 19.4 Å². The van der Waals surface area contributed by atoms with Crippen LogP contribution in [0.4, 0.5) is 0 Å². The van der Waals surface area contributed by atoms with Gasteiger partial charge in [-0.25, -0.2) is 8.42 Å². The smallest absolute Gasteiger partial charge is 0.236 e.